The summed E-state index contributed by atoms with van der Waals surface area (Å²) in [6.07, 6.45) is 0. The van der Waals surface area contributed by atoms with Crippen molar-refractivity contribution in [1.82, 2.24) is 9.78 Å². The van der Waals surface area contributed by atoms with Crippen molar-refractivity contribution in [3.8, 4) is 17.0 Å². The lowest BCUT2D eigenvalue weighted by atomic mass is 10.1. The molecule has 2 aromatic carbocycles. The summed E-state index contributed by atoms with van der Waals surface area (Å²) in [4.78, 5) is 34.7. The second kappa shape index (κ2) is 8.30. The largest absolute Gasteiger partial charge is 0.494 e. The van der Waals surface area contributed by atoms with Gasteiger partial charge in [0.15, 0.2) is 0 Å². The Bertz CT molecular complexity index is 1130. The van der Waals surface area contributed by atoms with E-state index in [4.69, 9.17) is 4.74 Å². The van der Waals surface area contributed by atoms with Gasteiger partial charge in [0, 0.05) is 17.7 Å². The van der Waals surface area contributed by atoms with Gasteiger partial charge in [-0.3, -0.25) is 19.7 Å². The number of nitrogens with zero attached hydrogens (tertiary/aromatic N) is 3. The minimum Gasteiger partial charge on any atom is -0.494 e. The second-order valence-corrected chi connectivity index (χ2v) is 5.91. The molecule has 0 bridgehead atoms. The molecule has 3 rings (SSSR count). The first kappa shape index (κ1) is 19.7. The number of nitrogens with one attached hydrogen (secondary N) is 1. The van der Waals surface area contributed by atoms with E-state index in [9.17, 15) is 24.1 Å². The van der Waals surface area contributed by atoms with Gasteiger partial charge in [0.1, 0.15) is 18.1 Å². The molecule has 0 radical (unpaired) electrons. The van der Waals surface area contributed by atoms with E-state index in [1.807, 2.05) is 0 Å². The van der Waals surface area contributed by atoms with Crippen LogP contribution in [0, 0.1) is 15.9 Å². The third-order valence-corrected chi connectivity index (χ3v) is 3.97. The third-order valence-electron chi connectivity index (χ3n) is 3.97. The minimum atomic E-state index is -0.585. The summed E-state index contributed by atoms with van der Waals surface area (Å²) in [5, 5.41) is 17.5. The van der Waals surface area contributed by atoms with E-state index >= 15 is 0 Å². The number of methoxy groups -OCH3 is 1. The molecule has 0 aliphatic carbocycles. The van der Waals surface area contributed by atoms with Crippen LogP contribution >= 0.6 is 0 Å². The highest BCUT2D eigenvalue weighted by atomic mass is 19.1. The Labute approximate surface area is 163 Å². The Kier molecular flexibility index (Phi) is 5.63. The summed E-state index contributed by atoms with van der Waals surface area (Å²) in [6.45, 7) is -0.395. The average molecular weight is 398 g/mol. The molecule has 148 valence electrons. The van der Waals surface area contributed by atoms with E-state index in [2.05, 4.69) is 10.4 Å². The van der Waals surface area contributed by atoms with Crippen molar-refractivity contribution in [3.63, 3.8) is 0 Å². The predicted octanol–water partition coefficient (Wildman–Crippen LogP) is 2.60. The van der Waals surface area contributed by atoms with E-state index in [0.717, 1.165) is 4.68 Å². The van der Waals surface area contributed by atoms with Crippen molar-refractivity contribution in [3.05, 3.63) is 80.9 Å². The Hall–Kier alpha value is -4.08. The first-order valence-electron chi connectivity index (χ1n) is 8.34. The maximum absolute atomic E-state index is 13.1. The number of carbonyl (C=O) groups excluding carboxylic acids is 1. The van der Waals surface area contributed by atoms with Crippen LogP contribution in [0.1, 0.15) is 0 Å². The minimum absolute atomic E-state index is 0.105. The van der Waals surface area contributed by atoms with Crippen molar-refractivity contribution >= 4 is 17.3 Å². The van der Waals surface area contributed by atoms with E-state index < -0.39 is 28.8 Å². The molecule has 1 heterocycles. The zero-order chi connectivity index (χ0) is 21.0. The molecule has 0 saturated heterocycles. The number of amides is 1. The number of aromatic nitrogens is 2. The predicted molar refractivity (Wildman–Crippen MR) is 102 cm³/mol. The van der Waals surface area contributed by atoms with Crippen LogP contribution in [-0.4, -0.2) is 27.7 Å². The monoisotopic (exact) mass is 398 g/mol. The second-order valence-electron chi connectivity index (χ2n) is 5.91. The number of anilines is 1. The highest BCUT2D eigenvalue weighted by Gasteiger charge is 2.14. The van der Waals surface area contributed by atoms with Crippen LogP contribution < -0.4 is 15.6 Å². The molecule has 0 spiro atoms. The van der Waals surface area contributed by atoms with Crippen LogP contribution in [0.15, 0.2) is 59.4 Å². The molecular formula is C19H15FN4O5. The molecule has 1 amide bonds. The molecule has 9 nitrogen and oxygen atoms in total. The molecule has 0 saturated carbocycles. The lowest BCUT2D eigenvalue weighted by Crippen LogP contribution is -2.29. The third kappa shape index (κ3) is 4.61. The lowest BCUT2D eigenvalue weighted by molar-refractivity contribution is -0.384. The molecule has 1 N–H and O–H groups in total. The van der Waals surface area contributed by atoms with Crippen molar-refractivity contribution in [2.75, 3.05) is 12.4 Å². The SMILES string of the molecule is COc1cc([N+](=O)[O-])ccc1NC(=O)Cn1nc(-c2ccc(F)cc2)ccc1=O. The van der Waals surface area contributed by atoms with E-state index in [0.29, 0.717) is 11.3 Å². The number of nitro benzene ring substituents is 1. The average Bonchev–Trinajstić information content (AvgIpc) is 2.70. The number of non-ortho nitro benzene ring substituents is 1. The molecule has 3 aromatic rings. The molecule has 0 aliphatic heterocycles. The Balaban J connectivity index is 1.80. The van der Waals surface area contributed by atoms with Gasteiger partial charge in [-0.15, -0.1) is 0 Å². The van der Waals surface area contributed by atoms with Gasteiger partial charge >= 0.3 is 0 Å². The number of ether oxygens (including phenoxy) is 1. The highest BCUT2D eigenvalue weighted by Crippen LogP contribution is 2.28. The molecule has 0 atom stereocenters. The number of hydrogen-bond acceptors (Lipinski definition) is 6. The summed E-state index contributed by atoms with van der Waals surface area (Å²) in [5.74, 6) is -0.880. The van der Waals surface area contributed by atoms with Crippen LogP contribution in [-0.2, 0) is 11.3 Å². The summed E-state index contributed by atoms with van der Waals surface area (Å²) < 4.78 is 19.1. The van der Waals surface area contributed by atoms with Crippen LogP contribution in [0.4, 0.5) is 15.8 Å². The smallest absolute Gasteiger partial charge is 0.273 e. The lowest BCUT2D eigenvalue weighted by Gasteiger charge is -2.11. The van der Waals surface area contributed by atoms with E-state index in [1.54, 1.807) is 0 Å². The molecular weight excluding hydrogens is 383 g/mol. The number of benzene rings is 2. The first-order valence-corrected chi connectivity index (χ1v) is 8.34. The fourth-order valence-corrected chi connectivity index (χ4v) is 2.56. The van der Waals surface area contributed by atoms with Gasteiger partial charge in [-0.25, -0.2) is 9.07 Å². The zero-order valence-electron chi connectivity index (χ0n) is 15.2. The number of carbonyl (C=O) groups is 1. The van der Waals surface area contributed by atoms with Gasteiger partial charge in [0.25, 0.3) is 11.2 Å². The quantitative estimate of drug-likeness (QED) is 0.504. The number of nitro groups is 1. The van der Waals surface area contributed by atoms with E-state index in [1.165, 1.54) is 61.7 Å². The van der Waals surface area contributed by atoms with E-state index in [-0.39, 0.29) is 17.1 Å². The van der Waals surface area contributed by atoms with Gasteiger partial charge in [-0.2, -0.15) is 5.10 Å². The van der Waals surface area contributed by atoms with Crippen molar-refractivity contribution in [2.45, 2.75) is 6.54 Å². The maximum atomic E-state index is 13.1. The zero-order valence-corrected chi connectivity index (χ0v) is 15.2. The fraction of sp³-hybridized carbons (Fsp3) is 0.105. The van der Waals surface area contributed by atoms with Crippen LogP contribution in [0.5, 0.6) is 5.75 Å². The Morgan fingerprint density at radius 3 is 2.59 bits per heavy atom. The van der Waals surface area contributed by atoms with Crippen LogP contribution in [0.3, 0.4) is 0 Å². The van der Waals surface area contributed by atoms with Crippen molar-refractivity contribution < 1.29 is 18.8 Å². The summed E-state index contributed by atoms with van der Waals surface area (Å²) in [7, 11) is 1.31. The molecule has 0 fully saturated rings. The summed E-state index contributed by atoms with van der Waals surface area (Å²) >= 11 is 0. The maximum Gasteiger partial charge on any atom is 0.273 e. The van der Waals surface area contributed by atoms with Crippen LogP contribution in [0.2, 0.25) is 0 Å². The van der Waals surface area contributed by atoms with Gasteiger partial charge in [0.05, 0.1) is 29.5 Å². The standard InChI is InChI=1S/C19H15FN4O5/c1-29-17-10-14(24(27)28)6-7-16(17)21-18(25)11-23-19(26)9-8-15(22-23)12-2-4-13(20)5-3-12/h2-10H,11H2,1H3,(H,21,25). The van der Waals surface area contributed by atoms with Gasteiger partial charge in [0.2, 0.25) is 5.91 Å². The van der Waals surface area contributed by atoms with Gasteiger partial charge in [-0.05, 0) is 36.4 Å². The summed E-state index contributed by atoms with van der Waals surface area (Å²) in [6, 6.07) is 12.0. The summed E-state index contributed by atoms with van der Waals surface area (Å²) in [5.41, 5.74) is 0.500. The molecule has 1 aromatic heterocycles. The number of halogens is 1. The Morgan fingerprint density at radius 2 is 1.93 bits per heavy atom. The molecule has 29 heavy (non-hydrogen) atoms. The normalized spacial score (nSPS) is 10.4. The van der Waals surface area contributed by atoms with Crippen LogP contribution in [0.25, 0.3) is 11.3 Å². The topological polar surface area (TPSA) is 116 Å². The Morgan fingerprint density at radius 1 is 1.21 bits per heavy atom. The molecule has 0 aliphatic rings. The first-order chi connectivity index (χ1) is 13.9. The number of hydrogen-bond donors (Lipinski definition) is 1. The fourth-order valence-electron chi connectivity index (χ4n) is 2.56. The molecule has 0 unspecified atom stereocenters. The van der Waals surface area contributed by atoms with Crippen molar-refractivity contribution in [1.29, 1.82) is 0 Å². The van der Waals surface area contributed by atoms with Gasteiger partial charge < -0.3 is 10.1 Å². The van der Waals surface area contributed by atoms with Crippen molar-refractivity contribution in [2.24, 2.45) is 0 Å². The van der Waals surface area contributed by atoms with Gasteiger partial charge in [-0.1, -0.05) is 0 Å². The highest BCUT2D eigenvalue weighted by molar-refractivity contribution is 5.92. The molecule has 10 heteroatoms. The number of rotatable bonds is 6.